The SMILES string of the molecule is Cc1cc(F)ccc1NC(=O)[C@H](C)NC(=O)c1ccccc1. The topological polar surface area (TPSA) is 58.2 Å². The summed E-state index contributed by atoms with van der Waals surface area (Å²) < 4.78 is 13.0. The van der Waals surface area contributed by atoms with E-state index >= 15 is 0 Å². The minimum Gasteiger partial charge on any atom is -0.341 e. The Kier molecular flexibility index (Phi) is 4.88. The molecule has 2 aromatic rings. The van der Waals surface area contributed by atoms with Crippen LogP contribution in [0.2, 0.25) is 0 Å². The number of hydrogen-bond acceptors (Lipinski definition) is 2. The van der Waals surface area contributed by atoms with Crippen molar-refractivity contribution in [1.29, 1.82) is 0 Å². The summed E-state index contributed by atoms with van der Waals surface area (Å²) in [4.78, 5) is 24.1. The van der Waals surface area contributed by atoms with Crippen LogP contribution in [0, 0.1) is 12.7 Å². The van der Waals surface area contributed by atoms with E-state index in [-0.39, 0.29) is 17.6 Å². The van der Waals surface area contributed by atoms with Gasteiger partial charge in [-0.15, -0.1) is 0 Å². The van der Waals surface area contributed by atoms with E-state index in [2.05, 4.69) is 10.6 Å². The van der Waals surface area contributed by atoms with Gasteiger partial charge in [0.25, 0.3) is 5.91 Å². The van der Waals surface area contributed by atoms with Crippen LogP contribution in [0.5, 0.6) is 0 Å². The molecule has 2 N–H and O–H groups in total. The Morgan fingerprint density at radius 1 is 1.09 bits per heavy atom. The van der Waals surface area contributed by atoms with Crippen LogP contribution in [0.25, 0.3) is 0 Å². The minimum atomic E-state index is -0.711. The largest absolute Gasteiger partial charge is 0.341 e. The fourth-order valence-corrected chi connectivity index (χ4v) is 1.94. The van der Waals surface area contributed by atoms with Gasteiger partial charge in [-0.3, -0.25) is 9.59 Å². The van der Waals surface area contributed by atoms with Crippen molar-refractivity contribution in [1.82, 2.24) is 5.32 Å². The Morgan fingerprint density at radius 3 is 2.41 bits per heavy atom. The molecule has 0 heterocycles. The highest BCUT2D eigenvalue weighted by Gasteiger charge is 2.17. The van der Waals surface area contributed by atoms with E-state index in [9.17, 15) is 14.0 Å². The van der Waals surface area contributed by atoms with E-state index in [1.54, 1.807) is 38.1 Å². The van der Waals surface area contributed by atoms with Gasteiger partial charge in [0.05, 0.1) is 0 Å². The molecule has 2 aromatic carbocycles. The lowest BCUT2D eigenvalue weighted by Gasteiger charge is -2.15. The zero-order valence-electron chi connectivity index (χ0n) is 12.4. The fourth-order valence-electron chi connectivity index (χ4n) is 1.94. The average molecular weight is 300 g/mol. The van der Waals surface area contributed by atoms with Gasteiger partial charge in [-0.25, -0.2) is 4.39 Å². The molecule has 4 nitrogen and oxygen atoms in total. The number of amides is 2. The van der Waals surface area contributed by atoms with Crippen LogP contribution < -0.4 is 10.6 Å². The molecule has 22 heavy (non-hydrogen) atoms. The van der Waals surface area contributed by atoms with Crippen LogP contribution in [0.1, 0.15) is 22.8 Å². The maximum Gasteiger partial charge on any atom is 0.251 e. The van der Waals surface area contributed by atoms with E-state index in [0.717, 1.165) is 0 Å². The molecule has 2 amide bonds. The first-order valence-electron chi connectivity index (χ1n) is 6.90. The summed E-state index contributed by atoms with van der Waals surface area (Å²) >= 11 is 0. The standard InChI is InChI=1S/C17H17FN2O2/c1-11-10-14(18)8-9-15(11)20-16(21)12(2)19-17(22)13-6-4-3-5-7-13/h3-10,12H,1-2H3,(H,19,22)(H,20,21)/t12-/m0/s1. The average Bonchev–Trinajstić information content (AvgIpc) is 2.50. The lowest BCUT2D eigenvalue weighted by Crippen LogP contribution is -2.41. The van der Waals surface area contributed by atoms with Crippen LogP contribution in [-0.4, -0.2) is 17.9 Å². The van der Waals surface area contributed by atoms with Crippen molar-refractivity contribution in [3.63, 3.8) is 0 Å². The highest BCUT2D eigenvalue weighted by Crippen LogP contribution is 2.15. The summed E-state index contributed by atoms with van der Waals surface area (Å²) in [5.74, 6) is -1.04. The molecular formula is C17H17FN2O2. The maximum absolute atomic E-state index is 13.0. The Balaban J connectivity index is 1.99. The van der Waals surface area contributed by atoms with Gasteiger partial charge in [-0.1, -0.05) is 18.2 Å². The second kappa shape index (κ2) is 6.85. The van der Waals surface area contributed by atoms with Crippen molar-refractivity contribution >= 4 is 17.5 Å². The van der Waals surface area contributed by atoms with Crippen molar-refractivity contribution in [2.75, 3.05) is 5.32 Å². The number of hydrogen-bond donors (Lipinski definition) is 2. The zero-order valence-corrected chi connectivity index (χ0v) is 12.4. The molecule has 0 fully saturated rings. The molecule has 0 bridgehead atoms. The highest BCUT2D eigenvalue weighted by atomic mass is 19.1. The third-order valence-corrected chi connectivity index (χ3v) is 3.22. The molecule has 0 aliphatic carbocycles. The Bertz CT molecular complexity index is 686. The third-order valence-electron chi connectivity index (χ3n) is 3.22. The lowest BCUT2D eigenvalue weighted by molar-refractivity contribution is -0.117. The Morgan fingerprint density at radius 2 is 1.77 bits per heavy atom. The van der Waals surface area contributed by atoms with E-state index < -0.39 is 6.04 Å². The summed E-state index contributed by atoms with van der Waals surface area (Å²) in [6.07, 6.45) is 0. The zero-order chi connectivity index (χ0) is 16.1. The van der Waals surface area contributed by atoms with E-state index in [0.29, 0.717) is 16.8 Å². The van der Waals surface area contributed by atoms with Gasteiger partial charge >= 0.3 is 0 Å². The van der Waals surface area contributed by atoms with Crippen molar-refractivity contribution in [3.8, 4) is 0 Å². The number of carbonyl (C=O) groups excluding carboxylic acids is 2. The summed E-state index contributed by atoms with van der Waals surface area (Å²) in [5, 5.41) is 5.30. The molecule has 5 heteroatoms. The van der Waals surface area contributed by atoms with Gasteiger partial charge in [0.1, 0.15) is 11.9 Å². The van der Waals surface area contributed by atoms with Crippen LogP contribution >= 0.6 is 0 Å². The predicted octanol–water partition coefficient (Wildman–Crippen LogP) is 2.89. The Labute approximate surface area is 128 Å². The van der Waals surface area contributed by atoms with Gasteiger partial charge in [0.2, 0.25) is 5.91 Å². The summed E-state index contributed by atoms with van der Waals surface area (Å²) in [6.45, 7) is 3.29. The molecule has 0 unspecified atom stereocenters. The molecule has 0 aromatic heterocycles. The molecule has 114 valence electrons. The normalized spacial score (nSPS) is 11.6. The number of anilines is 1. The van der Waals surface area contributed by atoms with Crippen molar-refractivity contribution in [3.05, 3.63) is 65.5 Å². The predicted molar refractivity (Wildman–Crippen MR) is 83.1 cm³/mol. The summed E-state index contributed by atoms with van der Waals surface area (Å²) in [7, 11) is 0. The molecule has 0 saturated heterocycles. The lowest BCUT2D eigenvalue weighted by atomic mass is 10.1. The van der Waals surface area contributed by atoms with E-state index in [4.69, 9.17) is 0 Å². The number of halogens is 1. The summed E-state index contributed by atoms with van der Waals surface area (Å²) in [6, 6.07) is 12.0. The number of carbonyl (C=O) groups is 2. The van der Waals surface area contributed by atoms with Crippen LogP contribution in [0.15, 0.2) is 48.5 Å². The highest BCUT2D eigenvalue weighted by molar-refractivity contribution is 6.01. The third kappa shape index (κ3) is 3.91. The summed E-state index contributed by atoms with van der Waals surface area (Å²) in [5.41, 5.74) is 1.63. The quantitative estimate of drug-likeness (QED) is 0.912. The Hall–Kier alpha value is -2.69. The van der Waals surface area contributed by atoms with E-state index in [1.807, 2.05) is 6.07 Å². The van der Waals surface area contributed by atoms with Gasteiger partial charge in [0, 0.05) is 11.3 Å². The smallest absolute Gasteiger partial charge is 0.251 e. The molecule has 0 saturated carbocycles. The first kappa shape index (κ1) is 15.7. The van der Waals surface area contributed by atoms with Gasteiger partial charge in [-0.05, 0) is 49.7 Å². The van der Waals surface area contributed by atoms with Crippen molar-refractivity contribution in [2.45, 2.75) is 19.9 Å². The van der Waals surface area contributed by atoms with Crippen LogP contribution in [-0.2, 0) is 4.79 Å². The van der Waals surface area contributed by atoms with Crippen molar-refractivity contribution < 1.29 is 14.0 Å². The first-order chi connectivity index (χ1) is 10.5. The molecule has 1 atom stereocenters. The number of rotatable bonds is 4. The van der Waals surface area contributed by atoms with Crippen LogP contribution in [0.3, 0.4) is 0 Å². The first-order valence-corrected chi connectivity index (χ1v) is 6.90. The van der Waals surface area contributed by atoms with Crippen LogP contribution in [0.4, 0.5) is 10.1 Å². The molecule has 2 rings (SSSR count). The minimum absolute atomic E-state index is 0.320. The second-order valence-corrected chi connectivity index (χ2v) is 5.01. The maximum atomic E-state index is 13.0. The van der Waals surface area contributed by atoms with Gasteiger partial charge in [-0.2, -0.15) is 0 Å². The van der Waals surface area contributed by atoms with Gasteiger partial charge < -0.3 is 10.6 Å². The molecule has 0 radical (unpaired) electrons. The fraction of sp³-hybridized carbons (Fsp3) is 0.176. The molecule has 0 aliphatic rings. The molecular weight excluding hydrogens is 283 g/mol. The van der Waals surface area contributed by atoms with Gasteiger partial charge in [0.15, 0.2) is 0 Å². The number of nitrogens with one attached hydrogen (secondary N) is 2. The van der Waals surface area contributed by atoms with Crippen molar-refractivity contribution in [2.24, 2.45) is 0 Å². The monoisotopic (exact) mass is 300 g/mol. The molecule has 0 aliphatic heterocycles. The number of aryl methyl sites for hydroxylation is 1. The molecule has 0 spiro atoms. The second-order valence-electron chi connectivity index (χ2n) is 5.01. The van der Waals surface area contributed by atoms with E-state index in [1.165, 1.54) is 18.2 Å². The number of benzene rings is 2.